The van der Waals surface area contributed by atoms with E-state index in [1.807, 2.05) is 0 Å². The third kappa shape index (κ3) is 5.81. The van der Waals surface area contributed by atoms with E-state index >= 15 is 0 Å². The second-order valence-corrected chi connectivity index (χ2v) is 4.16. The van der Waals surface area contributed by atoms with Crippen LogP contribution in [0.25, 0.3) is 0 Å². The van der Waals surface area contributed by atoms with Crippen molar-refractivity contribution in [1.29, 1.82) is 0 Å². The van der Waals surface area contributed by atoms with Crippen molar-refractivity contribution < 1.29 is 14.6 Å². The summed E-state index contributed by atoms with van der Waals surface area (Å²) in [4.78, 5) is 13.6. The molecule has 0 aromatic carbocycles. The van der Waals surface area contributed by atoms with Gasteiger partial charge in [-0.15, -0.1) is 6.58 Å². The molecule has 2 N–H and O–H groups in total. The molecule has 1 amide bonds. The Bertz CT molecular complexity index is 238. The minimum absolute atomic E-state index is 0.0413. The minimum Gasteiger partial charge on any atom is -0.394 e. The number of hydrogen-bond donors (Lipinski definition) is 2. The fourth-order valence-corrected chi connectivity index (χ4v) is 1.90. The van der Waals surface area contributed by atoms with Gasteiger partial charge in [-0.3, -0.25) is 9.69 Å². The van der Waals surface area contributed by atoms with Crippen LogP contribution in [0.4, 0.5) is 0 Å². The Balaban J connectivity index is 2.13. The summed E-state index contributed by atoms with van der Waals surface area (Å²) >= 11 is 0. The van der Waals surface area contributed by atoms with Gasteiger partial charge in [-0.1, -0.05) is 6.08 Å². The zero-order chi connectivity index (χ0) is 12.5. The van der Waals surface area contributed by atoms with Gasteiger partial charge in [0.1, 0.15) is 0 Å². The second kappa shape index (κ2) is 8.22. The monoisotopic (exact) mass is 242 g/mol. The Morgan fingerprint density at radius 3 is 2.82 bits per heavy atom. The van der Waals surface area contributed by atoms with Gasteiger partial charge in [0.25, 0.3) is 0 Å². The normalized spacial score (nSPS) is 17.9. The van der Waals surface area contributed by atoms with E-state index in [1.54, 1.807) is 6.08 Å². The number of rotatable bonds is 7. The fourth-order valence-electron chi connectivity index (χ4n) is 1.90. The Morgan fingerprint density at radius 2 is 2.24 bits per heavy atom. The Labute approximate surface area is 102 Å². The number of carbonyl (C=O) groups excluding carboxylic acids is 1. The van der Waals surface area contributed by atoms with Crippen molar-refractivity contribution in [2.24, 2.45) is 0 Å². The van der Waals surface area contributed by atoms with Crippen LogP contribution >= 0.6 is 0 Å². The molecule has 1 fully saturated rings. The molecule has 0 saturated carbocycles. The second-order valence-electron chi connectivity index (χ2n) is 4.16. The number of nitrogens with zero attached hydrogens (tertiary/aromatic N) is 1. The van der Waals surface area contributed by atoms with Gasteiger partial charge >= 0.3 is 0 Å². The van der Waals surface area contributed by atoms with Crippen molar-refractivity contribution in [1.82, 2.24) is 10.2 Å². The topological polar surface area (TPSA) is 61.8 Å². The third-order valence-electron chi connectivity index (χ3n) is 2.79. The van der Waals surface area contributed by atoms with Gasteiger partial charge in [0.2, 0.25) is 5.91 Å². The molecule has 1 aliphatic heterocycles. The van der Waals surface area contributed by atoms with Gasteiger partial charge < -0.3 is 15.2 Å². The molecule has 0 bridgehead atoms. The lowest BCUT2D eigenvalue weighted by atomic mass is 10.1. The van der Waals surface area contributed by atoms with Gasteiger partial charge in [-0.05, 0) is 12.8 Å². The van der Waals surface area contributed by atoms with E-state index in [-0.39, 0.29) is 18.6 Å². The number of hydrogen-bond acceptors (Lipinski definition) is 4. The molecule has 17 heavy (non-hydrogen) atoms. The molecular weight excluding hydrogens is 220 g/mol. The molecule has 5 heteroatoms. The molecule has 1 aliphatic rings. The number of aliphatic hydroxyl groups excluding tert-OH is 1. The summed E-state index contributed by atoms with van der Waals surface area (Å²) < 4.78 is 5.46. The van der Waals surface area contributed by atoms with Crippen molar-refractivity contribution >= 4 is 5.91 Å². The van der Waals surface area contributed by atoms with Gasteiger partial charge in [0.15, 0.2) is 0 Å². The zero-order valence-corrected chi connectivity index (χ0v) is 10.2. The molecule has 0 atom stereocenters. The number of piperidine rings is 1. The highest BCUT2D eigenvalue weighted by Gasteiger charge is 2.20. The number of likely N-dealkylation sites (tertiary alicyclic amines) is 1. The van der Waals surface area contributed by atoms with Crippen molar-refractivity contribution in [3.63, 3.8) is 0 Å². The zero-order valence-electron chi connectivity index (χ0n) is 10.2. The summed E-state index contributed by atoms with van der Waals surface area (Å²) in [6.07, 6.45) is 3.76. The van der Waals surface area contributed by atoms with Crippen LogP contribution in [0.3, 0.4) is 0 Å². The fraction of sp³-hybridized carbons (Fsp3) is 0.750. The Kier molecular flexibility index (Phi) is 6.84. The lowest BCUT2D eigenvalue weighted by Crippen LogP contribution is -2.43. The summed E-state index contributed by atoms with van der Waals surface area (Å²) in [6, 6.07) is 0. The van der Waals surface area contributed by atoms with Crippen LogP contribution in [0.15, 0.2) is 12.7 Å². The first-order chi connectivity index (χ1) is 8.26. The summed E-state index contributed by atoms with van der Waals surface area (Å²) in [7, 11) is 0. The highest BCUT2D eigenvalue weighted by molar-refractivity contribution is 5.78. The van der Waals surface area contributed by atoms with Gasteiger partial charge in [0.05, 0.1) is 25.9 Å². The molecule has 0 radical (unpaired) electrons. The molecule has 0 aromatic heterocycles. The van der Waals surface area contributed by atoms with Crippen molar-refractivity contribution in [2.45, 2.75) is 18.9 Å². The smallest absolute Gasteiger partial charge is 0.234 e. The van der Waals surface area contributed by atoms with Crippen LogP contribution in [-0.2, 0) is 9.53 Å². The van der Waals surface area contributed by atoms with E-state index < -0.39 is 0 Å². The largest absolute Gasteiger partial charge is 0.394 e. The molecule has 5 nitrogen and oxygen atoms in total. The van der Waals surface area contributed by atoms with Crippen LogP contribution in [0.5, 0.6) is 0 Å². The van der Waals surface area contributed by atoms with E-state index in [4.69, 9.17) is 9.84 Å². The molecule has 98 valence electrons. The summed E-state index contributed by atoms with van der Waals surface area (Å²) in [5.41, 5.74) is 0. The van der Waals surface area contributed by atoms with E-state index in [0.29, 0.717) is 19.7 Å². The van der Waals surface area contributed by atoms with Gasteiger partial charge in [-0.2, -0.15) is 0 Å². The maximum Gasteiger partial charge on any atom is 0.234 e. The average Bonchev–Trinajstić information content (AvgIpc) is 2.35. The molecule has 0 unspecified atom stereocenters. The molecule has 0 aromatic rings. The Morgan fingerprint density at radius 1 is 1.53 bits per heavy atom. The number of ether oxygens (including phenoxy) is 1. The standard InChI is InChI=1S/C12H22N2O3/c1-2-5-13-12(16)10-14-6-3-11(4-7-14)17-9-8-15/h2,11,15H,1,3-10H2,(H,13,16). The highest BCUT2D eigenvalue weighted by atomic mass is 16.5. The first-order valence-corrected chi connectivity index (χ1v) is 6.08. The first kappa shape index (κ1) is 14.2. The molecule has 1 rings (SSSR count). The van der Waals surface area contributed by atoms with Crippen molar-refractivity contribution in [2.75, 3.05) is 39.4 Å². The molecule has 0 spiro atoms. The van der Waals surface area contributed by atoms with Crippen LogP contribution in [0.1, 0.15) is 12.8 Å². The van der Waals surface area contributed by atoms with Crippen LogP contribution in [0.2, 0.25) is 0 Å². The van der Waals surface area contributed by atoms with Crippen molar-refractivity contribution in [3.05, 3.63) is 12.7 Å². The first-order valence-electron chi connectivity index (χ1n) is 6.08. The Hall–Kier alpha value is -0.910. The molecule has 0 aliphatic carbocycles. The number of nitrogens with one attached hydrogen (secondary N) is 1. The number of amides is 1. The van der Waals surface area contributed by atoms with Crippen molar-refractivity contribution in [3.8, 4) is 0 Å². The molecule has 1 heterocycles. The molecule has 1 saturated heterocycles. The SMILES string of the molecule is C=CCNC(=O)CN1CCC(OCCO)CC1. The average molecular weight is 242 g/mol. The van der Waals surface area contributed by atoms with E-state index in [9.17, 15) is 4.79 Å². The third-order valence-corrected chi connectivity index (χ3v) is 2.79. The van der Waals surface area contributed by atoms with E-state index in [1.165, 1.54) is 0 Å². The minimum atomic E-state index is 0.0413. The molecular formula is C12H22N2O3. The number of aliphatic hydroxyl groups is 1. The van der Waals surface area contributed by atoms with E-state index in [2.05, 4.69) is 16.8 Å². The number of carbonyl (C=O) groups is 1. The maximum absolute atomic E-state index is 11.5. The van der Waals surface area contributed by atoms with Crippen LogP contribution in [-0.4, -0.2) is 61.4 Å². The maximum atomic E-state index is 11.5. The highest BCUT2D eigenvalue weighted by Crippen LogP contribution is 2.12. The summed E-state index contributed by atoms with van der Waals surface area (Å²) in [5.74, 6) is 0.0413. The van der Waals surface area contributed by atoms with Crippen LogP contribution in [0, 0.1) is 0 Å². The lowest BCUT2D eigenvalue weighted by Gasteiger charge is -2.31. The quantitative estimate of drug-likeness (QED) is 0.605. The predicted octanol–water partition coefficient (Wildman–Crippen LogP) is -0.238. The van der Waals surface area contributed by atoms with Gasteiger partial charge in [0, 0.05) is 19.6 Å². The predicted molar refractivity (Wildman–Crippen MR) is 65.7 cm³/mol. The van der Waals surface area contributed by atoms with Gasteiger partial charge in [-0.25, -0.2) is 0 Å². The summed E-state index contributed by atoms with van der Waals surface area (Å²) in [6.45, 7) is 6.75. The summed E-state index contributed by atoms with van der Waals surface area (Å²) in [5, 5.41) is 11.4. The van der Waals surface area contributed by atoms with Crippen LogP contribution < -0.4 is 5.32 Å². The van der Waals surface area contributed by atoms with E-state index in [0.717, 1.165) is 25.9 Å². The lowest BCUT2D eigenvalue weighted by molar-refractivity contribution is -0.122.